The summed E-state index contributed by atoms with van der Waals surface area (Å²) < 4.78 is 0. The highest BCUT2D eigenvalue weighted by Gasteiger charge is 2.28. The first-order valence-corrected chi connectivity index (χ1v) is 6.38. The predicted molar refractivity (Wildman–Crippen MR) is 71.7 cm³/mol. The van der Waals surface area contributed by atoms with Crippen LogP contribution in [0.4, 0.5) is 10.5 Å². The molecule has 1 aliphatic heterocycles. The van der Waals surface area contributed by atoms with Gasteiger partial charge in [0.2, 0.25) is 0 Å². The number of carbonyl (C=O) groups excluding carboxylic acids is 1. The monoisotopic (exact) mass is 248 g/mol. The molecule has 4 nitrogen and oxygen atoms in total. The highest BCUT2D eigenvalue weighted by atomic mass is 16.3. The number of aryl methyl sites for hydroxylation is 2. The van der Waals surface area contributed by atoms with Crippen LogP contribution in [0.1, 0.15) is 24.0 Å². The Morgan fingerprint density at radius 3 is 2.72 bits per heavy atom. The van der Waals surface area contributed by atoms with Crippen LogP contribution < -0.4 is 5.32 Å². The van der Waals surface area contributed by atoms with Crippen LogP contribution in [0.5, 0.6) is 0 Å². The number of aliphatic hydroxyl groups is 1. The van der Waals surface area contributed by atoms with Crippen LogP contribution in [0.15, 0.2) is 18.2 Å². The van der Waals surface area contributed by atoms with Gasteiger partial charge in [-0.15, -0.1) is 0 Å². The van der Waals surface area contributed by atoms with E-state index in [9.17, 15) is 9.90 Å². The summed E-state index contributed by atoms with van der Waals surface area (Å²) in [6, 6.07) is 5.80. The van der Waals surface area contributed by atoms with Gasteiger partial charge in [-0.05, 0) is 37.8 Å². The fourth-order valence-corrected chi connectivity index (χ4v) is 2.48. The normalized spacial score (nSPS) is 19.1. The van der Waals surface area contributed by atoms with E-state index in [1.807, 2.05) is 32.0 Å². The molecule has 1 saturated heterocycles. The standard InChI is InChI=1S/C14H20N2O2/c1-10-5-3-6-11(2)13(10)15-14(18)16-8-4-7-12(16)9-17/h3,5-6,12,17H,4,7-9H2,1-2H3,(H,15,18)/t12-/m0/s1. The van der Waals surface area contributed by atoms with Crippen molar-refractivity contribution in [1.29, 1.82) is 0 Å². The Morgan fingerprint density at radius 1 is 1.44 bits per heavy atom. The molecule has 0 aromatic heterocycles. The Labute approximate surface area is 108 Å². The number of aliphatic hydroxyl groups excluding tert-OH is 1. The second-order valence-electron chi connectivity index (χ2n) is 4.87. The molecule has 18 heavy (non-hydrogen) atoms. The maximum atomic E-state index is 12.2. The van der Waals surface area contributed by atoms with Crippen LogP contribution in [-0.4, -0.2) is 35.2 Å². The largest absolute Gasteiger partial charge is 0.394 e. The minimum absolute atomic E-state index is 0.0330. The Balaban J connectivity index is 2.12. The summed E-state index contributed by atoms with van der Waals surface area (Å²) in [5.41, 5.74) is 3.00. The SMILES string of the molecule is Cc1cccc(C)c1NC(=O)N1CCC[C@H]1CO. The van der Waals surface area contributed by atoms with Gasteiger partial charge in [0, 0.05) is 12.2 Å². The molecule has 2 amide bonds. The van der Waals surface area contributed by atoms with Crippen molar-refractivity contribution in [2.45, 2.75) is 32.7 Å². The summed E-state index contributed by atoms with van der Waals surface area (Å²) in [6.45, 7) is 4.73. The quantitative estimate of drug-likeness (QED) is 0.843. The average Bonchev–Trinajstić information content (AvgIpc) is 2.82. The molecule has 0 aliphatic carbocycles. The molecule has 2 rings (SSSR count). The molecule has 0 bridgehead atoms. The second-order valence-corrected chi connectivity index (χ2v) is 4.87. The van der Waals surface area contributed by atoms with E-state index in [1.54, 1.807) is 4.90 Å². The molecule has 2 N–H and O–H groups in total. The van der Waals surface area contributed by atoms with Gasteiger partial charge in [-0.1, -0.05) is 18.2 Å². The Bertz CT molecular complexity index is 425. The van der Waals surface area contributed by atoms with Gasteiger partial charge >= 0.3 is 6.03 Å². The number of nitrogens with zero attached hydrogens (tertiary/aromatic N) is 1. The highest BCUT2D eigenvalue weighted by Crippen LogP contribution is 2.22. The van der Waals surface area contributed by atoms with Crippen LogP contribution in [0.2, 0.25) is 0 Å². The number of nitrogens with one attached hydrogen (secondary N) is 1. The minimum Gasteiger partial charge on any atom is -0.394 e. The van der Waals surface area contributed by atoms with Gasteiger partial charge in [0.25, 0.3) is 0 Å². The molecule has 98 valence electrons. The summed E-state index contributed by atoms with van der Waals surface area (Å²) in [7, 11) is 0. The maximum absolute atomic E-state index is 12.2. The van der Waals surface area contributed by atoms with E-state index in [0.29, 0.717) is 0 Å². The summed E-state index contributed by atoms with van der Waals surface area (Å²) in [5.74, 6) is 0. The molecule has 1 heterocycles. The molecule has 4 heteroatoms. The average molecular weight is 248 g/mol. The lowest BCUT2D eigenvalue weighted by atomic mass is 10.1. The zero-order valence-electron chi connectivity index (χ0n) is 10.9. The van der Waals surface area contributed by atoms with Gasteiger partial charge in [-0.2, -0.15) is 0 Å². The fourth-order valence-electron chi connectivity index (χ4n) is 2.48. The maximum Gasteiger partial charge on any atom is 0.322 e. The van der Waals surface area contributed by atoms with Crippen molar-refractivity contribution >= 4 is 11.7 Å². The zero-order valence-corrected chi connectivity index (χ0v) is 10.9. The van der Waals surface area contributed by atoms with Gasteiger partial charge in [-0.3, -0.25) is 0 Å². The van der Waals surface area contributed by atoms with Crippen molar-refractivity contribution in [3.05, 3.63) is 29.3 Å². The molecule has 0 radical (unpaired) electrons. The first-order chi connectivity index (χ1) is 8.63. The zero-order chi connectivity index (χ0) is 13.1. The lowest BCUT2D eigenvalue weighted by Gasteiger charge is -2.24. The van der Waals surface area contributed by atoms with Crippen molar-refractivity contribution < 1.29 is 9.90 Å². The minimum atomic E-state index is -0.107. The number of urea groups is 1. The van der Waals surface area contributed by atoms with Crippen molar-refractivity contribution in [1.82, 2.24) is 4.90 Å². The molecule has 0 saturated carbocycles. The first-order valence-electron chi connectivity index (χ1n) is 6.38. The predicted octanol–water partition coefficient (Wildman–Crippen LogP) is 2.29. The molecule has 0 unspecified atom stereocenters. The topological polar surface area (TPSA) is 52.6 Å². The lowest BCUT2D eigenvalue weighted by molar-refractivity contribution is 0.166. The number of para-hydroxylation sites is 1. The van der Waals surface area contributed by atoms with E-state index >= 15 is 0 Å². The Morgan fingerprint density at radius 2 is 2.11 bits per heavy atom. The van der Waals surface area contributed by atoms with E-state index in [1.165, 1.54) is 0 Å². The molecular formula is C14H20N2O2. The van der Waals surface area contributed by atoms with Gasteiger partial charge < -0.3 is 15.3 Å². The third-order valence-electron chi connectivity index (χ3n) is 3.56. The van der Waals surface area contributed by atoms with E-state index in [2.05, 4.69) is 5.32 Å². The molecule has 1 fully saturated rings. The Hall–Kier alpha value is -1.55. The van der Waals surface area contributed by atoms with E-state index in [0.717, 1.165) is 36.2 Å². The molecule has 1 atom stereocenters. The van der Waals surface area contributed by atoms with Crippen molar-refractivity contribution in [3.63, 3.8) is 0 Å². The van der Waals surface area contributed by atoms with Crippen LogP contribution in [0.25, 0.3) is 0 Å². The van der Waals surface area contributed by atoms with Crippen LogP contribution >= 0.6 is 0 Å². The number of anilines is 1. The van der Waals surface area contributed by atoms with Crippen molar-refractivity contribution in [3.8, 4) is 0 Å². The fraction of sp³-hybridized carbons (Fsp3) is 0.500. The van der Waals surface area contributed by atoms with Crippen molar-refractivity contribution in [2.75, 3.05) is 18.5 Å². The smallest absolute Gasteiger partial charge is 0.322 e. The second kappa shape index (κ2) is 5.40. The van der Waals surface area contributed by atoms with Gasteiger partial charge in [0.1, 0.15) is 0 Å². The molecule has 1 aromatic rings. The number of likely N-dealkylation sites (tertiary alicyclic amines) is 1. The number of carbonyl (C=O) groups is 1. The molecule has 0 spiro atoms. The third-order valence-corrected chi connectivity index (χ3v) is 3.56. The number of amides is 2. The van der Waals surface area contributed by atoms with E-state index in [-0.39, 0.29) is 18.7 Å². The third kappa shape index (κ3) is 2.48. The summed E-state index contributed by atoms with van der Waals surface area (Å²) in [4.78, 5) is 13.9. The Kier molecular flexibility index (Phi) is 3.87. The molecule has 1 aliphatic rings. The van der Waals surface area contributed by atoms with Crippen LogP contribution in [0, 0.1) is 13.8 Å². The first kappa shape index (κ1) is 12.9. The number of rotatable bonds is 2. The summed E-state index contributed by atoms with van der Waals surface area (Å²) in [5, 5.41) is 12.2. The summed E-state index contributed by atoms with van der Waals surface area (Å²) >= 11 is 0. The number of hydrogen-bond donors (Lipinski definition) is 2. The van der Waals surface area contributed by atoms with E-state index in [4.69, 9.17) is 0 Å². The number of hydrogen-bond acceptors (Lipinski definition) is 2. The summed E-state index contributed by atoms with van der Waals surface area (Å²) in [6.07, 6.45) is 1.85. The van der Waals surface area contributed by atoms with Crippen molar-refractivity contribution in [2.24, 2.45) is 0 Å². The van der Waals surface area contributed by atoms with Gasteiger partial charge in [-0.25, -0.2) is 4.79 Å². The number of benzene rings is 1. The molecular weight excluding hydrogens is 228 g/mol. The van der Waals surface area contributed by atoms with Crippen LogP contribution in [-0.2, 0) is 0 Å². The lowest BCUT2D eigenvalue weighted by Crippen LogP contribution is -2.40. The van der Waals surface area contributed by atoms with Crippen LogP contribution in [0.3, 0.4) is 0 Å². The van der Waals surface area contributed by atoms with Gasteiger partial charge in [0.15, 0.2) is 0 Å². The highest BCUT2D eigenvalue weighted by molar-refractivity contribution is 5.91. The molecule has 1 aromatic carbocycles. The van der Waals surface area contributed by atoms with E-state index < -0.39 is 0 Å². The van der Waals surface area contributed by atoms with Gasteiger partial charge in [0.05, 0.1) is 12.6 Å².